The zero-order valence-corrected chi connectivity index (χ0v) is 28.8. The SMILES string of the molecule is CCOC(C)(C)c1csc(NC(=O)c2cccn2Cc2cc[n+](C(C)c3csc(NC(=O)c4cccn4Cc4ccncc4)n3)cc2)n1. The summed E-state index contributed by atoms with van der Waals surface area (Å²) >= 11 is 2.78. The third-order valence-electron chi connectivity index (χ3n) is 7.97. The number of anilines is 2. The van der Waals surface area contributed by atoms with Crippen molar-refractivity contribution in [2.45, 2.75) is 52.4 Å². The van der Waals surface area contributed by atoms with Crippen molar-refractivity contribution in [3.05, 3.63) is 130 Å². The van der Waals surface area contributed by atoms with Gasteiger partial charge in [0.1, 0.15) is 22.7 Å². The number of hydrogen-bond donors (Lipinski definition) is 2. The number of amides is 2. The number of thiazole rings is 2. The standard InChI is InChI=1S/C35H36N8O3S2/c1-5-46-35(3,4)30-23-48-34(38-30)40-32(45)29-9-7-17-43(29)21-26-12-18-41(19-13-26)24(2)27-22-47-33(37-27)39-31(44)28-8-6-16-42(28)20-25-10-14-36-15-11-25/h6-19,22-24H,5,20-21H2,1-4H3,(H-,37,38,39,40,44,45)/p+1. The molecule has 0 bridgehead atoms. The average Bonchev–Trinajstić information content (AvgIpc) is 3.90. The lowest BCUT2D eigenvalue weighted by atomic mass is 10.1. The maximum Gasteiger partial charge on any atom is 0.274 e. The number of nitrogens with zero attached hydrogens (tertiary/aromatic N) is 6. The van der Waals surface area contributed by atoms with Gasteiger partial charge in [-0.05, 0) is 68.3 Å². The quantitative estimate of drug-likeness (QED) is 0.137. The molecular weight excluding hydrogens is 645 g/mol. The van der Waals surface area contributed by atoms with E-state index in [1.807, 2.05) is 102 Å². The highest BCUT2D eigenvalue weighted by Gasteiger charge is 2.25. The Bertz CT molecular complexity index is 1990. The molecule has 6 aromatic rings. The predicted octanol–water partition coefficient (Wildman–Crippen LogP) is 6.37. The molecule has 2 amide bonds. The Hall–Kier alpha value is -4.98. The first-order chi connectivity index (χ1) is 23.2. The molecule has 0 aliphatic rings. The molecule has 0 radical (unpaired) electrons. The van der Waals surface area contributed by atoms with Crippen LogP contribution in [0, 0.1) is 0 Å². The minimum absolute atomic E-state index is 0.0553. The van der Waals surface area contributed by atoms with Crippen LogP contribution in [0.5, 0.6) is 0 Å². The average molecular weight is 682 g/mol. The van der Waals surface area contributed by atoms with E-state index >= 15 is 0 Å². The zero-order chi connectivity index (χ0) is 33.7. The Balaban J connectivity index is 1.06. The van der Waals surface area contributed by atoms with E-state index in [0.29, 0.717) is 41.3 Å². The van der Waals surface area contributed by atoms with Crippen LogP contribution in [-0.2, 0) is 23.4 Å². The summed E-state index contributed by atoms with van der Waals surface area (Å²) in [7, 11) is 0. The molecule has 6 aromatic heterocycles. The van der Waals surface area contributed by atoms with Crippen molar-refractivity contribution in [3.63, 3.8) is 0 Å². The van der Waals surface area contributed by atoms with Gasteiger partial charge >= 0.3 is 0 Å². The lowest BCUT2D eigenvalue weighted by Crippen LogP contribution is -2.37. The summed E-state index contributed by atoms with van der Waals surface area (Å²) in [4.78, 5) is 39.6. The molecule has 1 atom stereocenters. The first-order valence-corrected chi connectivity index (χ1v) is 17.3. The number of nitrogens with one attached hydrogen (secondary N) is 2. The molecule has 0 aliphatic carbocycles. The molecule has 0 fully saturated rings. The maximum atomic E-state index is 13.2. The van der Waals surface area contributed by atoms with Gasteiger partial charge in [0.2, 0.25) is 0 Å². The summed E-state index contributed by atoms with van der Waals surface area (Å²) in [5.41, 5.74) is 4.31. The highest BCUT2D eigenvalue weighted by molar-refractivity contribution is 7.14. The van der Waals surface area contributed by atoms with Crippen molar-refractivity contribution in [1.82, 2.24) is 24.1 Å². The van der Waals surface area contributed by atoms with Crippen molar-refractivity contribution in [1.29, 1.82) is 0 Å². The van der Waals surface area contributed by atoms with Crippen molar-refractivity contribution >= 4 is 44.8 Å². The lowest BCUT2D eigenvalue weighted by molar-refractivity contribution is -0.711. The predicted molar refractivity (Wildman–Crippen MR) is 187 cm³/mol. The van der Waals surface area contributed by atoms with Gasteiger partial charge in [0.05, 0.1) is 5.69 Å². The van der Waals surface area contributed by atoms with Crippen LogP contribution in [0.25, 0.3) is 0 Å². The first kappa shape index (κ1) is 32.9. The Morgan fingerprint density at radius 3 is 2.02 bits per heavy atom. The van der Waals surface area contributed by atoms with Crippen LogP contribution in [-0.4, -0.2) is 42.5 Å². The summed E-state index contributed by atoms with van der Waals surface area (Å²) < 4.78 is 11.7. The van der Waals surface area contributed by atoms with Gasteiger partial charge < -0.3 is 13.9 Å². The van der Waals surface area contributed by atoms with Crippen LogP contribution in [0.2, 0.25) is 0 Å². The summed E-state index contributed by atoms with van der Waals surface area (Å²) in [5.74, 6) is -0.428. The van der Waals surface area contributed by atoms with E-state index in [0.717, 1.165) is 22.5 Å². The number of carbonyl (C=O) groups excluding carboxylic acids is 2. The maximum absolute atomic E-state index is 13.2. The largest absolute Gasteiger partial charge is 0.370 e. The van der Waals surface area contributed by atoms with Crippen molar-refractivity contribution in [3.8, 4) is 0 Å². The van der Waals surface area contributed by atoms with Crippen LogP contribution >= 0.6 is 22.7 Å². The fraction of sp³-hybridized carbons (Fsp3) is 0.257. The Kier molecular flexibility index (Phi) is 9.90. The van der Waals surface area contributed by atoms with Gasteiger partial charge in [0.25, 0.3) is 11.8 Å². The number of pyridine rings is 2. The molecule has 0 saturated carbocycles. The Morgan fingerprint density at radius 2 is 1.42 bits per heavy atom. The minimum atomic E-state index is -0.525. The van der Waals surface area contributed by atoms with E-state index in [2.05, 4.69) is 32.1 Å². The molecule has 6 heterocycles. The van der Waals surface area contributed by atoms with Gasteiger partial charge in [-0.15, -0.1) is 22.7 Å². The number of ether oxygens (including phenoxy) is 1. The highest BCUT2D eigenvalue weighted by atomic mass is 32.1. The van der Waals surface area contributed by atoms with Crippen LogP contribution < -0.4 is 15.2 Å². The van der Waals surface area contributed by atoms with Gasteiger partial charge in [-0.3, -0.25) is 25.2 Å². The fourth-order valence-electron chi connectivity index (χ4n) is 5.28. The molecule has 6 rings (SSSR count). The number of carbonyl (C=O) groups is 2. The lowest BCUT2D eigenvalue weighted by Gasteiger charge is -2.22. The Labute approximate surface area is 286 Å². The molecule has 0 spiro atoms. The van der Waals surface area contributed by atoms with Crippen molar-refractivity contribution in [2.75, 3.05) is 17.2 Å². The molecular formula is C35H37N8O3S2+. The topological polar surface area (TPSA) is 120 Å². The van der Waals surface area contributed by atoms with Crippen LogP contribution in [0.15, 0.2) is 96.5 Å². The second-order valence-corrected chi connectivity index (χ2v) is 13.4. The third-order valence-corrected chi connectivity index (χ3v) is 9.50. The normalized spacial score (nSPS) is 12.2. The molecule has 2 N–H and O–H groups in total. The molecule has 11 nitrogen and oxygen atoms in total. The molecule has 0 aliphatic heterocycles. The summed E-state index contributed by atoms with van der Waals surface area (Å²) in [6, 6.07) is 15.2. The summed E-state index contributed by atoms with van der Waals surface area (Å²) in [6.07, 6.45) is 11.3. The van der Waals surface area contributed by atoms with Crippen LogP contribution in [0.1, 0.15) is 77.2 Å². The van der Waals surface area contributed by atoms with E-state index in [9.17, 15) is 9.59 Å². The van der Waals surface area contributed by atoms with Crippen molar-refractivity contribution in [2.24, 2.45) is 0 Å². The second kappa shape index (κ2) is 14.4. The molecule has 1 unspecified atom stereocenters. The van der Waals surface area contributed by atoms with E-state index in [1.165, 1.54) is 22.7 Å². The second-order valence-electron chi connectivity index (χ2n) is 11.7. The number of hydrogen-bond acceptors (Lipinski definition) is 8. The van der Waals surface area contributed by atoms with Gasteiger partial charge in [-0.1, -0.05) is 0 Å². The zero-order valence-electron chi connectivity index (χ0n) is 27.2. The fourth-order valence-corrected chi connectivity index (χ4v) is 6.94. The third kappa shape index (κ3) is 7.59. The smallest absolute Gasteiger partial charge is 0.274 e. The number of aromatic nitrogens is 6. The first-order valence-electron chi connectivity index (χ1n) is 15.6. The Morgan fingerprint density at radius 1 is 0.854 bits per heavy atom. The van der Waals surface area contributed by atoms with Crippen LogP contribution in [0.4, 0.5) is 10.3 Å². The monoisotopic (exact) mass is 681 g/mol. The molecule has 0 aromatic carbocycles. The molecule has 246 valence electrons. The van der Waals surface area contributed by atoms with E-state index in [1.54, 1.807) is 24.5 Å². The summed E-state index contributed by atoms with van der Waals surface area (Å²) in [6.45, 7) is 9.63. The molecule has 48 heavy (non-hydrogen) atoms. The van der Waals surface area contributed by atoms with Gasteiger partial charge in [-0.25, -0.2) is 9.97 Å². The van der Waals surface area contributed by atoms with Crippen LogP contribution in [0.3, 0.4) is 0 Å². The van der Waals surface area contributed by atoms with E-state index < -0.39 is 5.60 Å². The summed E-state index contributed by atoms with van der Waals surface area (Å²) in [5, 5.41) is 10.8. The van der Waals surface area contributed by atoms with E-state index in [4.69, 9.17) is 9.72 Å². The van der Waals surface area contributed by atoms with Gasteiger partial charge in [0, 0.05) is 74.3 Å². The molecule has 0 saturated heterocycles. The van der Waals surface area contributed by atoms with Crippen molar-refractivity contribution < 1.29 is 18.9 Å². The number of rotatable bonds is 13. The van der Waals surface area contributed by atoms with Gasteiger partial charge in [-0.2, -0.15) is 4.57 Å². The highest BCUT2D eigenvalue weighted by Crippen LogP contribution is 2.28. The minimum Gasteiger partial charge on any atom is -0.370 e. The molecule has 13 heteroatoms. The van der Waals surface area contributed by atoms with E-state index in [-0.39, 0.29) is 17.9 Å². The van der Waals surface area contributed by atoms with Gasteiger partial charge in [0.15, 0.2) is 28.7 Å².